The third kappa shape index (κ3) is 7.20. The lowest BCUT2D eigenvalue weighted by atomic mass is 10.0. The van der Waals surface area contributed by atoms with Crippen LogP contribution in [0.2, 0.25) is 0 Å². The Hall–Kier alpha value is -4.00. The monoisotopic (exact) mass is 625 g/mol. The second kappa shape index (κ2) is 13.3. The zero-order valence-corrected chi connectivity index (χ0v) is 26.2. The summed E-state index contributed by atoms with van der Waals surface area (Å²) in [5.41, 5.74) is 1.92. The summed E-state index contributed by atoms with van der Waals surface area (Å²) in [6.45, 7) is 5.47. The molecule has 0 saturated heterocycles. The molecule has 11 nitrogen and oxygen atoms in total. The highest BCUT2D eigenvalue weighted by atomic mass is 32.2. The van der Waals surface area contributed by atoms with Crippen molar-refractivity contribution in [3.63, 3.8) is 0 Å². The van der Waals surface area contributed by atoms with E-state index in [1.807, 2.05) is 39.1 Å². The van der Waals surface area contributed by atoms with Crippen molar-refractivity contribution in [1.29, 1.82) is 0 Å². The topological polar surface area (TPSA) is 127 Å². The molecular formula is C32H39N3O8S. The molecule has 5 rings (SSSR count). The van der Waals surface area contributed by atoms with Crippen LogP contribution in [0.1, 0.15) is 25.0 Å². The number of benzene rings is 3. The smallest absolute Gasteiger partial charge is 0.261 e. The average Bonchev–Trinajstić information content (AvgIpc) is 3.48. The molecule has 3 aromatic rings. The van der Waals surface area contributed by atoms with Gasteiger partial charge >= 0.3 is 0 Å². The van der Waals surface area contributed by atoms with Crippen molar-refractivity contribution in [2.45, 2.75) is 43.9 Å². The van der Waals surface area contributed by atoms with Gasteiger partial charge in [-0.2, -0.15) is 0 Å². The van der Waals surface area contributed by atoms with Crippen molar-refractivity contribution < 1.29 is 37.3 Å². The highest BCUT2D eigenvalue weighted by molar-refractivity contribution is 7.92. The molecule has 0 fully saturated rings. The number of amides is 1. The van der Waals surface area contributed by atoms with Crippen LogP contribution in [0.5, 0.6) is 23.0 Å². The van der Waals surface area contributed by atoms with E-state index in [1.54, 1.807) is 35.2 Å². The fourth-order valence-corrected chi connectivity index (χ4v) is 6.45. The molecule has 2 heterocycles. The quantitative estimate of drug-likeness (QED) is 0.348. The summed E-state index contributed by atoms with van der Waals surface area (Å²) < 4.78 is 51.5. The largest absolute Gasteiger partial charge is 0.497 e. The van der Waals surface area contributed by atoms with E-state index in [1.165, 1.54) is 19.2 Å². The first-order chi connectivity index (χ1) is 21.1. The number of aliphatic hydroxyl groups is 1. The minimum Gasteiger partial charge on any atom is -0.497 e. The van der Waals surface area contributed by atoms with Crippen molar-refractivity contribution in [3.8, 4) is 23.0 Å². The van der Waals surface area contributed by atoms with Crippen molar-refractivity contribution in [2.24, 2.45) is 5.92 Å². The lowest BCUT2D eigenvalue weighted by Crippen LogP contribution is -2.47. The molecule has 0 radical (unpaired) electrons. The molecule has 0 aliphatic carbocycles. The van der Waals surface area contributed by atoms with Gasteiger partial charge in [0.1, 0.15) is 17.6 Å². The number of nitrogens with one attached hydrogen (secondary N) is 1. The zero-order valence-electron chi connectivity index (χ0n) is 25.4. The second-order valence-electron chi connectivity index (χ2n) is 11.4. The third-order valence-corrected chi connectivity index (χ3v) is 9.32. The van der Waals surface area contributed by atoms with Crippen molar-refractivity contribution in [3.05, 3.63) is 71.8 Å². The normalized spacial score (nSPS) is 19.0. The van der Waals surface area contributed by atoms with Crippen molar-refractivity contribution >= 4 is 21.6 Å². The molecule has 236 valence electrons. The molecule has 0 bridgehead atoms. The van der Waals surface area contributed by atoms with E-state index in [-0.39, 0.29) is 42.6 Å². The van der Waals surface area contributed by atoms with Crippen LogP contribution < -0.4 is 23.7 Å². The third-order valence-electron chi connectivity index (χ3n) is 7.92. The fourth-order valence-electron chi connectivity index (χ4n) is 5.40. The first-order valence-corrected chi connectivity index (χ1v) is 16.0. The number of likely N-dealkylation sites (N-methyl/N-ethyl adjacent to an activating group) is 1. The molecule has 3 atom stereocenters. The Balaban J connectivity index is 1.39. The predicted molar refractivity (Wildman–Crippen MR) is 165 cm³/mol. The van der Waals surface area contributed by atoms with E-state index in [4.69, 9.17) is 18.9 Å². The number of fused-ring (bicyclic) bond motifs is 2. The van der Waals surface area contributed by atoms with E-state index in [9.17, 15) is 18.3 Å². The minimum atomic E-state index is -3.90. The highest BCUT2D eigenvalue weighted by Gasteiger charge is 2.31. The number of sulfonamides is 1. The summed E-state index contributed by atoms with van der Waals surface area (Å²) in [5.74, 6) is 2.26. The van der Waals surface area contributed by atoms with E-state index in [0.717, 1.165) is 17.1 Å². The van der Waals surface area contributed by atoms with Gasteiger partial charge in [-0.15, -0.1) is 0 Å². The number of aliphatic hydroxyl groups excluding tert-OH is 1. The van der Waals surface area contributed by atoms with Gasteiger partial charge in [0, 0.05) is 36.8 Å². The maximum Gasteiger partial charge on any atom is 0.261 e. The lowest BCUT2D eigenvalue weighted by Gasteiger charge is -2.34. The first kappa shape index (κ1) is 31.4. The van der Waals surface area contributed by atoms with Gasteiger partial charge in [0.15, 0.2) is 11.5 Å². The first-order valence-electron chi connectivity index (χ1n) is 14.5. The average molecular weight is 626 g/mol. The van der Waals surface area contributed by atoms with Crippen LogP contribution in [-0.4, -0.2) is 82.0 Å². The van der Waals surface area contributed by atoms with Gasteiger partial charge in [-0.05, 0) is 74.1 Å². The van der Waals surface area contributed by atoms with Crippen LogP contribution in [0, 0.1) is 5.92 Å². The number of hydrogen-bond acceptors (Lipinski definition) is 9. The van der Waals surface area contributed by atoms with Crippen LogP contribution in [0.25, 0.3) is 0 Å². The maximum absolute atomic E-state index is 13.5. The number of ether oxygens (including phenoxy) is 4. The molecule has 2 N–H and O–H groups in total. The van der Waals surface area contributed by atoms with Gasteiger partial charge < -0.3 is 29.0 Å². The lowest BCUT2D eigenvalue weighted by molar-refractivity contribution is -0.134. The molecule has 44 heavy (non-hydrogen) atoms. The Morgan fingerprint density at radius 2 is 1.80 bits per heavy atom. The SMILES string of the molecule is COc1ccc(S(=O)(=O)Nc2ccc3c(c2)CC(=O)N([C@H](C)CO)C[C@@H](C)[C@@H](CN(C)Cc2ccc4c(c2)OCO4)O3)cc1. The molecule has 2 aliphatic heterocycles. The molecule has 0 unspecified atom stereocenters. The number of carbonyl (C=O) groups is 1. The van der Waals surface area contributed by atoms with Gasteiger partial charge in [0.25, 0.3) is 10.0 Å². The van der Waals surface area contributed by atoms with E-state index in [0.29, 0.717) is 42.4 Å². The molecular weight excluding hydrogens is 586 g/mol. The maximum atomic E-state index is 13.5. The number of rotatable bonds is 10. The Morgan fingerprint density at radius 1 is 1.07 bits per heavy atom. The summed E-state index contributed by atoms with van der Waals surface area (Å²) in [4.78, 5) is 17.5. The number of carbonyl (C=O) groups excluding carboxylic acids is 1. The summed E-state index contributed by atoms with van der Waals surface area (Å²) in [5, 5.41) is 9.94. The summed E-state index contributed by atoms with van der Waals surface area (Å²) >= 11 is 0. The van der Waals surface area contributed by atoms with E-state index >= 15 is 0 Å². The molecule has 0 saturated carbocycles. The minimum absolute atomic E-state index is 0.00967. The Bertz CT molecular complexity index is 1580. The fraction of sp³-hybridized carbons (Fsp3) is 0.406. The molecule has 12 heteroatoms. The van der Waals surface area contributed by atoms with E-state index < -0.39 is 16.1 Å². The molecule has 2 aliphatic rings. The van der Waals surface area contributed by atoms with Crippen LogP contribution in [0.15, 0.2) is 65.6 Å². The summed E-state index contributed by atoms with van der Waals surface area (Å²) in [7, 11) is -0.383. The Labute approximate surface area is 258 Å². The predicted octanol–water partition coefficient (Wildman–Crippen LogP) is 3.51. The van der Waals surface area contributed by atoms with Gasteiger partial charge in [-0.25, -0.2) is 8.42 Å². The van der Waals surface area contributed by atoms with Gasteiger partial charge in [-0.1, -0.05) is 13.0 Å². The zero-order chi connectivity index (χ0) is 31.4. The molecule has 0 spiro atoms. The van der Waals surface area contributed by atoms with Gasteiger partial charge in [-0.3, -0.25) is 14.4 Å². The second-order valence-corrected chi connectivity index (χ2v) is 13.1. The van der Waals surface area contributed by atoms with Crippen LogP contribution in [0.3, 0.4) is 0 Å². The van der Waals surface area contributed by atoms with Gasteiger partial charge in [0.2, 0.25) is 12.7 Å². The van der Waals surface area contributed by atoms with Crippen LogP contribution in [-0.2, 0) is 27.8 Å². The number of nitrogens with zero attached hydrogens (tertiary/aromatic N) is 2. The number of methoxy groups -OCH3 is 1. The van der Waals surface area contributed by atoms with Gasteiger partial charge in [0.05, 0.1) is 31.1 Å². The summed E-state index contributed by atoms with van der Waals surface area (Å²) in [6, 6.07) is 16.5. The Kier molecular flexibility index (Phi) is 9.52. The molecule has 3 aromatic carbocycles. The summed E-state index contributed by atoms with van der Waals surface area (Å²) in [6.07, 6.45) is -0.321. The molecule has 0 aromatic heterocycles. The van der Waals surface area contributed by atoms with E-state index in [2.05, 4.69) is 9.62 Å². The van der Waals surface area contributed by atoms with Crippen molar-refractivity contribution in [1.82, 2.24) is 9.80 Å². The number of hydrogen-bond donors (Lipinski definition) is 2. The van der Waals surface area contributed by atoms with Crippen molar-refractivity contribution in [2.75, 3.05) is 45.4 Å². The van der Waals surface area contributed by atoms with Crippen LogP contribution in [0.4, 0.5) is 5.69 Å². The Morgan fingerprint density at radius 3 is 2.52 bits per heavy atom. The molecule has 1 amide bonds. The highest BCUT2D eigenvalue weighted by Crippen LogP contribution is 2.33. The number of anilines is 1. The standard InChI is InChI=1S/C32H39N3O8S/c1-21-16-35(22(2)19-36)32(37)15-24-14-25(33-44(38,39)27-9-7-26(40-4)8-10-27)6-12-28(24)43-31(21)18-34(3)17-23-5-11-29-30(13-23)42-20-41-29/h5-14,21-22,31,33,36H,15-20H2,1-4H3/t21-,22-,31-/m1/s1. The van der Waals surface area contributed by atoms with Crippen LogP contribution >= 0.6 is 0 Å².